The molecule has 2 aliphatic rings. The van der Waals surface area contributed by atoms with Gasteiger partial charge in [0.2, 0.25) is 0 Å². The lowest BCUT2D eigenvalue weighted by atomic mass is 9.85. The molecule has 0 radical (unpaired) electrons. The molecular weight excluding hydrogens is 528 g/mol. The lowest BCUT2D eigenvalue weighted by Gasteiger charge is -2.17. The smallest absolute Gasteiger partial charge is 0.00141 e. The molecule has 0 amide bonds. The molecule has 0 N–H and O–H groups in total. The third-order valence-electron chi connectivity index (χ3n) is 10.3. The fourth-order valence-electron chi connectivity index (χ4n) is 8.29. The van der Waals surface area contributed by atoms with Gasteiger partial charge in [-0.1, -0.05) is 121 Å². The summed E-state index contributed by atoms with van der Waals surface area (Å²) in [6.07, 6.45) is 4.79. The molecular formula is C44H24. The number of rotatable bonds is 2. The second kappa shape index (κ2) is 8.01. The van der Waals surface area contributed by atoms with E-state index >= 15 is 0 Å². The van der Waals surface area contributed by atoms with Crippen LogP contribution >= 0.6 is 0 Å². The summed E-state index contributed by atoms with van der Waals surface area (Å²) in [5.74, 6) is 0. The Labute approximate surface area is 254 Å². The summed E-state index contributed by atoms with van der Waals surface area (Å²) >= 11 is 0. The van der Waals surface area contributed by atoms with Crippen LogP contribution in [0.15, 0.2) is 133 Å². The molecule has 2 aliphatic carbocycles. The van der Waals surface area contributed by atoms with Gasteiger partial charge in [-0.05, 0) is 133 Å². The second-order valence-corrected chi connectivity index (χ2v) is 12.5. The number of fused-ring (bicyclic) bond motifs is 4. The molecule has 0 heterocycles. The van der Waals surface area contributed by atoms with E-state index in [1.807, 2.05) is 0 Å². The van der Waals surface area contributed by atoms with E-state index in [4.69, 9.17) is 0 Å². The van der Waals surface area contributed by atoms with Gasteiger partial charge in [-0.15, -0.1) is 0 Å². The molecule has 0 saturated heterocycles. The minimum absolute atomic E-state index is 1.28. The molecule has 200 valence electrons. The normalized spacial score (nSPS) is 13.7. The van der Waals surface area contributed by atoms with Crippen LogP contribution in [0.5, 0.6) is 0 Å². The van der Waals surface area contributed by atoms with Gasteiger partial charge in [-0.3, -0.25) is 0 Å². The Hall–Kier alpha value is -5.72. The van der Waals surface area contributed by atoms with E-state index in [1.165, 1.54) is 109 Å². The summed E-state index contributed by atoms with van der Waals surface area (Å²) in [5.41, 5.74) is 10.5. The Morgan fingerprint density at radius 2 is 0.705 bits per heavy atom. The van der Waals surface area contributed by atoms with E-state index in [0.29, 0.717) is 0 Å². The Bertz CT molecular complexity index is 2590. The van der Waals surface area contributed by atoms with Crippen molar-refractivity contribution in [3.05, 3.63) is 167 Å². The lowest BCUT2D eigenvalue weighted by molar-refractivity contribution is 1.64. The minimum atomic E-state index is 1.28. The van der Waals surface area contributed by atoms with Crippen molar-refractivity contribution in [2.75, 3.05) is 0 Å². The zero-order valence-corrected chi connectivity index (χ0v) is 23.9. The molecule has 0 fully saturated rings. The SMILES string of the molecule is C1=C(c2ccc3ccccc3c2)c2ccc3c4ccc5c6c(ccc(c7ccc1c2c73)c64)C(c1ccc2ccccc2c1)=C5. The van der Waals surface area contributed by atoms with E-state index in [2.05, 4.69) is 146 Å². The van der Waals surface area contributed by atoms with Gasteiger partial charge < -0.3 is 0 Å². The van der Waals surface area contributed by atoms with Gasteiger partial charge in [0.25, 0.3) is 0 Å². The van der Waals surface area contributed by atoms with Crippen molar-refractivity contribution in [2.45, 2.75) is 0 Å². The maximum atomic E-state index is 2.40. The van der Waals surface area contributed by atoms with Gasteiger partial charge in [0.1, 0.15) is 0 Å². The van der Waals surface area contributed by atoms with Gasteiger partial charge in [-0.2, -0.15) is 0 Å². The highest BCUT2D eigenvalue weighted by atomic mass is 14.3. The Morgan fingerprint density at radius 1 is 0.295 bits per heavy atom. The quantitative estimate of drug-likeness (QED) is 0.148. The predicted octanol–water partition coefficient (Wildman–Crippen LogP) is 11.8. The minimum Gasteiger partial charge on any atom is -0.0616 e. The van der Waals surface area contributed by atoms with Crippen molar-refractivity contribution >= 4 is 87.9 Å². The predicted molar refractivity (Wildman–Crippen MR) is 189 cm³/mol. The van der Waals surface area contributed by atoms with Gasteiger partial charge in [0.05, 0.1) is 0 Å². The molecule has 0 aliphatic heterocycles. The first-order chi connectivity index (χ1) is 21.8. The highest BCUT2D eigenvalue weighted by Crippen LogP contribution is 2.51. The van der Waals surface area contributed by atoms with E-state index in [-0.39, 0.29) is 0 Å². The van der Waals surface area contributed by atoms with Crippen LogP contribution in [0.1, 0.15) is 33.4 Å². The Balaban J connectivity index is 1.15. The Morgan fingerprint density at radius 3 is 1.16 bits per heavy atom. The van der Waals surface area contributed by atoms with Crippen LogP contribution in [-0.4, -0.2) is 0 Å². The van der Waals surface area contributed by atoms with E-state index in [1.54, 1.807) is 0 Å². The molecule has 0 aromatic heterocycles. The third kappa shape index (κ3) is 2.83. The first-order valence-corrected chi connectivity index (χ1v) is 15.4. The van der Waals surface area contributed by atoms with E-state index in [9.17, 15) is 0 Å². The number of benzene rings is 9. The average Bonchev–Trinajstić information content (AvgIpc) is 3.66. The zero-order chi connectivity index (χ0) is 28.5. The van der Waals surface area contributed by atoms with Crippen LogP contribution in [0, 0.1) is 0 Å². The molecule has 9 aromatic rings. The topological polar surface area (TPSA) is 0 Å². The van der Waals surface area contributed by atoms with Crippen molar-refractivity contribution in [3.8, 4) is 0 Å². The fourth-order valence-corrected chi connectivity index (χ4v) is 8.29. The summed E-state index contributed by atoms with van der Waals surface area (Å²) in [6, 6.07) is 49.9. The maximum Gasteiger partial charge on any atom is -0.00141 e. The van der Waals surface area contributed by atoms with Gasteiger partial charge >= 0.3 is 0 Å². The van der Waals surface area contributed by atoms with Gasteiger partial charge in [-0.25, -0.2) is 0 Å². The third-order valence-corrected chi connectivity index (χ3v) is 10.3. The first-order valence-electron chi connectivity index (χ1n) is 15.4. The summed E-state index contributed by atoms with van der Waals surface area (Å²) < 4.78 is 0. The van der Waals surface area contributed by atoms with E-state index < -0.39 is 0 Å². The molecule has 0 nitrogen and oxygen atoms in total. The fraction of sp³-hybridized carbons (Fsp3) is 0. The maximum absolute atomic E-state index is 2.40. The zero-order valence-electron chi connectivity index (χ0n) is 23.9. The van der Waals surface area contributed by atoms with Crippen LogP contribution < -0.4 is 0 Å². The summed E-state index contributed by atoms with van der Waals surface area (Å²) in [7, 11) is 0. The van der Waals surface area contributed by atoms with Crippen molar-refractivity contribution in [3.63, 3.8) is 0 Å². The number of hydrogen-bond donors (Lipinski definition) is 0. The molecule has 0 atom stereocenters. The largest absolute Gasteiger partial charge is 0.0616 e. The number of hydrogen-bond acceptors (Lipinski definition) is 0. The van der Waals surface area contributed by atoms with Crippen molar-refractivity contribution in [1.29, 1.82) is 0 Å². The molecule has 0 saturated carbocycles. The molecule has 0 unspecified atom stereocenters. The van der Waals surface area contributed by atoms with Crippen molar-refractivity contribution in [1.82, 2.24) is 0 Å². The average molecular weight is 553 g/mol. The molecule has 0 spiro atoms. The van der Waals surface area contributed by atoms with Gasteiger partial charge in [0.15, 0.2) is 0 Å². The second-order valence-electron chi connectivity index (χ2n) is 12.5. The summed E-state index contributed by atoms with van der Waals surface area (Å²) in [6.45, 7) is 0. The van der Waals surface area contributed by atoms with Crippen molar-refractivity contribution in [2.24, 2.45) is 0 Å². The van der Waals surface area contributed by atoms with Crippen LogP contribution in [0.25, 0.3) is 87.9 Å². The summed E-state index contributed by atoms with van der Waals surface area (Å²) in [4.78, 5) is 0. The Kier molecular flexibility index (Phi) is 4.15. The van der Waals surface area contributed by atoms with E-state index in [0.717, 1.165) is 0 Å². The molecule has 0 heteroatoms. The molecule has 11 rings (SSSR count). The molecule has 0 bridgehead atoms. The van der Waals surface area contributed by atoms with Crippen LogP contribution in [0.4, 0.5) is 0 Å². The highest BCUT2D eigenvalue weighted by Gasteiger charge is 2.26. The summed E-state index contributed by atoms with van der Waals surface area (Å²) in [5, 5.41) is 16.1. The van der Waals surface area contributed by atoms with Crippen LogP contribution in [0.2, 0.25) is 0 Å². The molecule has 44 heavy (non-hydrogen) atoms. The van der Waals surface area contributed by atoms with Gasteiger partial charge in [0, 0.05) is 0 Å². The monoisotopic (exact) mass is 552 g/mol. The first kappa shape index (κ1) is 22.8. The van der Waals surface area contributed by atoms with Crippen LogP contribution in [-0.2, 0) is 0 Å². The molecule has 9 aromatic carbocycles. The lowest BCUT2D eigenvalue weighted by Crippen LogP contribution is -1.92. The van der Waals surface area contributed by atoms with Crippen LogP contribution in [0.3, 0.4) is 0 Å². The standard InChI is InChI=1S/C44H24/c1-3-7-27-21-29(11-9-25(27)5-1)39-23-31-13-15-33-36-18-20-38-40(30-12-10-26-6-2-4-8-28(26)22-30)24-32-14-16-34(44(36)42(32)38)35-17-19-37(39)41(31)43(33)35/h1-24H. The highest BCUT2D eigenvalue weighted by molar-refractivity contribution is 6.38. The van der Waals surface area contributed by atoms with Crippen molar-refractivity contribution < 1.29 is 0 Å².